The van der Waals surface area contributed by atoms with Gasteiger partial charge in [-0.05, 0) is 41.9 Å². The van der Waals surface area contributed by atoms with Crippen LogP contribution in [0.2, 0.25) is 0 Å². The van der Waals surface area contributed by atoms with E-state index in [-0.39, 0.29) is 5.97 Å². The van der Waals surface area contributed by atoms with Crippen molar-refractivity contribution in [2.45, 2.75) is 0 Å². The van der Waals surface area contributed by atoms with Crippen LogP contribution < -0.4 is 10.6 Å². The van der Waals surface area contributed by atoms with E-state index < -0.39 is 0 Å². The lowest BCUT2D eigenvalue weighted by atomic mass is 10.2. The van der Waals surface area contributed by atoms with E-state index in [0.29, 0.717) is 9.99 Å². The molecule has 134 valence electrons. The van der Waals surface area contributed by atoms with Crippen LogP contribution in [0.5, 0.6) is 0 Å². The standard InChI is InChI=1S/C17H21N3O3S2/c1-22-16(21)15-11-12-10-13(2-3-14(12)25-15)19-17(24)18-4-5-20-6-8-23-9-7-20/h2-3,10-11H,4-9H2,1H3,(H2,18,19,24). The number of anilines is 1. The van der Waals surface area contributed by atoms with Crippen LogP contribution in [-0.2, 0) is 9.47 Å². The molecule has 0 amide bonds. The molecule has 0 unspecified atom stereocenters. The number of morpholine rings is 1. The van der Waals surface area contributed by atoms with Gasteiger partial charge in [0.05, 0.1) is 20.3 Å². The Labute approximate surface area is 156 Å². The van der Waals surface area contributed by atoms with Crippen molar-refractivity contribution in [3.8, 4) is 0 Å². The van der Waals surface area contributed by atoms with Crippen molar-refractivity contribution in [2.24, 2.45) is 0 Å². The number of nitrogens with one attached hydrogen (secondary N) is 2. The van der Waals surface area contributed by atoms with Crippen LogP contribution in [0.1, 0.15) is 9.67 Å². The van der Waals surface area contributed by atoms with Gasteiger partial charge in [-0.15, -0.1) is 11.3 Å². The smallest absolute Gasteiger partial charge is 0.348 e. The number of thiocarbonyl (C=S) groups is 1. The summed E-state index contributed by atoms with van der Waals surface area (Å²) < 4.78 is 11.1. The van der Waals surface area contributed by atoms with Gasteiger partial charge >= 0.3 is 5.97 Å². The Morgan fingerprint density at radius 1 is 1.36 bits per heavy atom. The third-order valence-electron chi connectivity index (χ3n) is 3.98. The summed E-state index contributed by atoms with van der Waals surface area (Å²) in [7, 11) is 1.39. The average molecular weight is 380 g/mol. The molecule has 3 rings (SSSR count). The summed E-state index contributed by atoms with van der Waals surface area (Å²) in [4.78, 5) is 14.6. The van der Waals surface area contributed by atoms with Gasteiger partial charge in [0.15, 0.2) is 5.11 Å². The molecule has 1 aromatic carbocycles. The molecule has 2 aromatic rings. The molecule has 2 N–H and O–H groups in total. The van der Waals surface area contributed by atoms with E-state index in [9.17, 15) is 4.79 Å². The number of ether oxygens (including phenoxy) is 2. The fourth-order valence-corrected chi connectivity index (χ4v) is 3.83. The van der Waals surface area contributed by atoms with E-state index in [2.05, 4.69) is 15.5 Å². The minimum atomic E-state index is -0.309. The molecule has 1 aliphatic heterocycles. The maximum absolute atomic E-state index is 11.6. The lowest BCUT2D eigenvalue weighted by Gasteiger charge is -2.26. The fourth-order valence-electron chi connectivity index (χ4n) is 2.65. The molecule has 8 heteroatoms. The second kappa shape index (κ2) is 8.57. The first-order valence-electron chi connectivity index (χ1n) is 8.12. The SMILES string of the molecule is COC(=O)c1cc2cc(NC(=S)NCCN3CCOCC3)ccc2s1. The van der Waals surface area contributed by atoms with Crippen molar-refractivity contribution in [1.82, 2.24) is 10.2 Å². The van der Waals surface area contributed by atoms with Gasteiger partial charge in [-0.25, -0.2) is 4.79 Å². The van der Waals surface area contributed by atoms with Crippen LogP contribution in [-0.4, -0.2) is 62.5 Å². The Bertz CT molecular complexity index is 757. The molecule has 2 heterocycles. The highest BCUT2D eigenvalue weighted by molar-refractivity contribution is 7.80. The van der Waals surface area contributed by atoms with Crippen molar-refractivity contribution in [3.05, 3.63) is 29.1 Å². The van der Waals surface area contributed by atoms with E-state index in [1.807, 2.05) is 24.3 Å². The molecule has 1 saturated heterocycles. The highest BCUT2D eigenvalue weighted by atomic mass is 32.1. The Morgan fingerprint density at radius 2 is 2.16 bits per heavy atom. The zero-order valence-electron chi connectivity index (χ0n) is 14.0. The normalized spacial score (nSPS) is 15.1. The number of esters is 1. The van der Waals surface area contributed by atoms with E-state index in [4.69, 9.17) is 21.7 Å². The van der Waals surface area contributed by atoms with E-state index >= 15 is 0 Å². The number of carbonyl (C=O) groups excluding carboxylic acids is 1. The average Bonchev–Trinajstić information content (AvgIpc) is 3.05. The molecule has 1 aromatic heterocycles. The number of rotatable bonds is 5. The molecular formula is C17H21N3O3S2. The molecule has 25 heavy (non-hydrogen) atoms. The number of fused-ring (bicyclic) bond motifs is 1. The Kier molecular flexibility index (Phi) is 6.19. The third kappa shape index (κ3) is 4.88. The molecular weight excluding hydrogens is 358 g/mol. The van der Waals surface area contributed by atoms with Gasteiger partial charge in [0, 0.05) is 36.6 Å². The van der Waals surface area contributed by atoms with Gasteiger partial charge in [-0.2, -0.15) is 0 Å². The number of methoxy groups -OCH3 is 1. The van der Waals surface area contributed by atoms with Crippen LogP contribution in [0.15, 0.2) is 24.3 Å². The summed E-state index contributed by atoms with van der Waals surface area (Å²) in [6.07, 6.45) is 0. The maximum Gasteiger partial charge on any atom is 0.348 e. The highest BCUT2D eigenvalue weighted by Crippen LogP contribution is 2.28. The number of hydrogen-bond acceptors (Lipinski definition) is 6. The van der Waals surface area contributed by atoms with Gasteiger partial charge < -0.3 is 20.1 Å². The quantitative estimate of drug-likeness (QED) is 0.610. The monoisotopic (exact) mass is 379 g/mol. The summed E-state index contributed by atoms with van der Waals surface area (Å²) in [6, 6.07) is 7.75. The van der Waals surface area contributed by atoms with Gasteiger partial charge in [0.25, 0.3) is 0 Å². The largest absolute Gasteiger partial charge is 0.465 e. The Balaban J connectivity index is 1.52. The number of carbonyl (C=O) groups is 1. The lowest BCUT2D eigenvalue weighted by molar-refractivity contribution is 0.0389. The third-order valence-corrected chi connectivity index (χ3v) is 5.32. The minimum absolute atomic E-state index is 0.309. The second-order valence-corrected chi connectivity index (χ2v) is 7.18. The summed E-state index contributed by atoms with van der Waals surface area (Å²) in [5.74, 6) is -0.309. The molecule has 0 atom stereocenters. The first-order chi connectivity index (χ1) is 12.2. The van der Waals surface area contributed by atoms with E-state index in [1.54, 1.807) is 0 Å². The van der Waals surface area contributed by atoms with E-state index in [0.717, 1.165) is 55.2 Å². The van der Waals surface area contributed by atoms with Gasteiger partial charge in [-0.1, -0.05) is 0 Å². The van der Waals surface area contributed by atoms with Crippen molar-refractivity contribution < 1.29 is 14.3 Å². The number of benzene rings is 1. The van der Waals surface area contributed by atoms with Crippen molar-refractivity contribution in [2.75, 3.05) is 51.8 Å². The topological polar surface area (TPSA) is 62.8 Å². The first kappa shape index (κ1) is 18.1. The van der Waals surface area contributed by atoms with Crippen LogP contribution in [0.4, 0.5) is 5.69 Å². The molecule has 0 radical (unpaired) electrons. The van der Waals surface area contributed by atoms with Gasteiger partial charge in [0.2, 0.25) is 0 Å². The minimum Gasteiger partial charge on any atom is -0.465 e. The number of nitrogens with zero attached hydrogens (tertiary/aromatic N) is 1. The first-order valence-corrected chi connectivity index (χ1v) is 9.35. The predicted molar refractivity (Wildman–Crippen MR) is 105 cm³/mol. The van der Waals surface area contributed by atoms with Crippen LogP contribution in [0.3, 0.4) is 0 Å². The van der Waals surface area contributed by atoms with Crippen LogP contribution in [0.25, 0.3) is 10.1 Å². The molecule has 0 bridgehead atoms. The maximum atomic E-state index is 11.6. The summed E-state index contributed by atoms with van der Waals surface area (Å²) in [6.45, 7) is 5.28. The molecule has 0 spiro atoms. The Morgan fingerprint density at radius 3 is 2.92 bits per heavy atom. The van der Waals surface area contributed by atoms with Crippen molar-refractivity contribution in [3.63, 3.8) is 0 Å². The fraction of sp³-hybridized carbons (Fsp3) is 0.412. The zero-order valence-corrected chi connectivity index (χ0v) is 15.7. The molecule has 6 nitrogen and oxygen atoms in total. The molecule has 1 fully saturated rings. The summed E-state index contributed by atoms with van der Waals surface area (Å²) in [5, 5.41) is 8.00. The summed E-state index contributed by atoms with van der Waals surface area (Å²) >= 11 is 6.77. The zero-order chi connectivity index (χ0) is 17.6. The lowest BCUT2D eigenvalue weighted by Crippen LogP contribution is -2.42. The molecule has 0 aliphatic carbocycles. The predicted octanol–water partition coefficient (Wildman–Crippen LogP) is 2.31. The van der Waals surface area contributed by atoms with E-state index in [1.165, 1.54) is 18.4 Å². The summed E-state index contributed by atoms with van der Waals surface area (Å²) in [5.41, 5.74) is 0.894. The number of thiophene rings is 1. The molecule has 0 saturated carbocycles. The second-order valence-electron chi connectivity index (χ2n) is 5.69. The Hall–Kier alpha value is -1.74. The number of hydrogen-bond donors (Lipinski definition) is 2. The van der Waals surface area contributed by atoms with Crippen LogP contribution >= 0.6 is 23.6 Å². The van der Waals surface area contributed by atoms with Crippen molar-refractivity contribution in [1.29, 1.82) is 0 Å². The van der Waals surface area contributed by atoms with Crippen molar-refractivity contribution >= 4 is 50.4 Å². The molecule has 1 aliphatic rings. The van der Waals surface area contributed by atoms with Crippen LogP contribution in [0, 0.1) is 0 Å². The van der Waals surface area contributed by atoms with Gasteiger partial charge in [0.1, 0.15) is 4.88 Å². The van der Waals surface area contributed by atoms with Gasteiger partial charge in [-0.3, -0.25) is 4.90 Å². The highest BCUT2D eigenvalue weighted by Gasteiger charge is 2.11.